The average Bonchev–Trinajstić information content (AvgIpc) is 3.37. The zero-order valence-corrected chi connectivity index (χ0v) is 18.6. The Hall–Kier alpha value is -2.49. The van der Waals surface area contributed by atoms with Crippen LogP contribution in [0.25, 0.3) is 10.6 Å². The van der Waals surface area contributed by atoms with E-state index >= 15 is 0 Å². The molecule has 0 radical (unpaired) electrons. The number of carbonyl (C=O) groups is 1. The van der Waals surface area contributed by atoms with E-state index in [-0.39, 0.29) is 10.8 Å². The van der Waals surface area contributed by atoms with Crippen LogP contribution in [-0.2, 0) is 10.0 Å². The fourth-order valence-electron chi connectivity index (χ4n) is 3.54. The first-order valence-electron chi connectivity index (χ1n) is 9.89. The minimum Gasteiger partial charge on any atom is -0.305 e. The highest BCUT2D eigenvalue weighted by Crippen LogP contribution is 2.28. The predicted molar refractivity (Wildman–Crippen MR) is 118 cm³/mol. The second-order valence-corrected chi connectivity index (χ2v) is 10.7. The Bertz CT molecular complexity index is 1170. The molecule has 1 aliphatic rings. The number of benzene rings is 1. The molecule has 0 atom stereocenters. The number of sulfonamides is 1. The van der Waals surface area contributed by atoms with Crippen molar-refractivity contribution in [1.29, 1.82) is 0 Å². The molecule has 1 saturated heterocycles. The summed E-state index contributed by atoms with van der Waals surface area (Å²) in [7, 11) is -3.60. The third-order valence-electron chi connectivity index (χ3n) is 5.23. The summed E-state index contributed by atoms with van der Waals surface area (Å²) in [5.41, 5.74) is 1.85. The van der Waals surface area contributed by atoms with Crippen molar-refractivity contribution in [2.75, 3.05) is 18.4 Å². The molecule has 0 unspecified atom stereocenters. The van der Waals surface area contributed by atoms with Crippen LogP contribution < -0.4 is 5.32 Å². The fraction of sp³-hybridized carbons (Fsp3) is 0.333. The number of aryl methyl sites for hydroxylation is 2. The lowest BCUT2D eigenvalue weighted by Gasteiger charge is -2.26. The maximum Gasteiger partial charge on any atom is 0.257 e. The lowest BCUT2D eigenvalue weighted by atomic mass is 10.1. The average molecular weight is 445 g/mol. The van der Waals surface area contributed by atoms with Gasteiger partial charge in [-0.25, -0.2) is 8.42 Å². The molecule has 1 aliphatic heterocycles. The third-order valence-corrected chi connectivity index (χ3v) is 8.16. The lowest BCUT2D eigenvalue weighted by Crippen LogP contribution is -2.35. The Balaban J connectivity index is 1.56. The maximum absolute atomic E-state index is 13.0. The molecule has 3 heterocycles. The summed E-state index contributed by atoms with van der Waals surface area (Å²) in [6.07, 6.45) is 2.78. The van der Waals surface area contributed by atoms with E-state index < -0.39 is 10.0 Å². The second kappa shape index (κ2) is 8.33. The molecular formula is C21H24N4O3S2. The Kier molecular flexibility index (Phi) is 5.77. The highest BCUT2D eigenvalue weighted by Gasteiger charge is 2.27. The van der Waals surface area contributed by atoms with Gasteiger partial charge in [-0.2, -0.15) is 9.40 Å². The molecule has 1 fully saturated rings. The molecule has 30 heavy (non-hydrogen) atoms. The highest BCUT2D eigenvalue weighted by atomic mass is 32.2. The summed E-state index contributed by atoms with van der Waals surface area (Å²) >= 11 is 1.63. The van der Waals surface area contributed by atoms with E-state index in [1.54, 1.807) is 36.5 Å². The number of aromatic nitrogens is 2. The molecule has 9 heteroatoms. The Labute approximate surface area is 180 Å². The first-order valence-corrected chi connectivity index (χ1v) is 12.1. The number of thiophene rings is 1. The van der Waals surface area contributed by atoms with Crippen molar-refractivity contribution in [3.8, 4) is 10.6 Å². The zero-order valence-electron chi connectivity index (χ0n) is 16.9. The van der Waals surface area contributed by atoms with Crippen LogP contribution in [0.2, 0.25) is 0 Å². The number of nitrogens with one attached hydrogen (secondary N) is 2. The van der Waals surface area contributed by atoms with Gasteiger partial charge in [0.25, 0.3) is 5.91 Å². The van der Waals surface area contributed by atoms with Gasteiger partial charge in [0.15, 0.2) is 5.82 Å². The van der Waals surface area contributed by atoms with Crippen LogP contribution in [0.15, 0.2) is 41.3 Å². The molecule has 0 spiro atoms. The quantitative estimate of drug-likeness (QED) is 0.617. The van der Waals surface area contributed by atoms with Crippen molar-refractivity contribution in [2.45, 2.75) is 38.0 Å². The summed E-state index contributed by atoms with van der Waals surface area (Å²) in [4.78, 5) is 15.2. The standard InChI is InChI=1S/C21H24N4O3S2/c1-14-6-8-16(30(27,28)25-10-4-3-5-11-25)12-17(14)21(26)22-20-13-18(23-24-20)19-9-7-15(2)29-19/h6-9,12-13H,3-5,10-11H2,1-2H3,(H2,22,23,24,26). The van der Waals surface area contributed by atoms with E-state index in [4.69, 9.17) is 0 Å². The zero-order chi connectivity index (χ0) is 21.3. The van der Waals surface area contributed by atoms with Gasteiger partial charge in [0, 0.05) is 29.6 Å². The van der Waals surface area contributed by atoms with Crippen molar-refractivity contribution in [1.82, 2.24) is 14.5 Å². The number of carbonyl (C=O) groups excluding carboxylic acids is 1. The number of rotatable bonds is 5. The maximum atomic E-state index is 13.0. The summed E-state index contributed by atoms with van der Waals surface area (Å²) in [6.45, 7) is 4.86. The van der Waals surface area contributed by atoms with Gasteiger partial charge in [-0.05, 0) is 56.5 Å². The molecule has 158 valence electrons. The van der Waals surface area contributed by atoms with Crippen LogP contribution in [-0.4, -0.2) is 41.9 Å². The highest BCUT2D eigenvalue weighted by molar-refractivity contribution is 7.89. The van der Waals surface area contributed by atoms with Gasteiger partial charge in [0.2, 0.25) is 10.0 Å². The summed E-state index contributed by atoms with van der Waals surface area (Å²) < 4.78 is 27.4. The first kappa shape index (κ1) is 20.8. The van der Waals surface area contributed by atoms with Crippen LogP contribution in [0.1, 0.15) is 40.1 Å². The summed E-state index contributed by atoms with van der Waals surface area (Å²) in [5, 5.41) is 9.86. The van der Waals surface area contributed by atoms with Gasteiger partial charge in [0.1, 0.15) is 0 Å². The number of amides is 1. The number of nitrogens with zero attached hydrogens (tertiary/aromatic N) is 2. The van der Waals surface area contributed by atoms with Crippen molar-refractivity contribution < 1.29 is 13.2 Å². The van der Waals surface area contributed by atoms with Gasteiger partial charge in [-0.1, -0.05) is 12.5 Å². The van der Waals surface area contributed by atoms with Crippen LogP contribution in [0.3, 0.4) is 0 Å². The Morgan fingerprint density at radius 2 is 1.87 bits per heavy atom. The Morgan fingerprint density at radius 3 is 2.57 bits per heavy atom. The number of anilines is 1. The SMILES string of the molecule is Cc1ccc(-c2cc(NC(=O)c3cc(S(=O)(=O)N4CCCCC4)ccc3C)n[nH]2)s1. The van der Waals surface area contributed by atoms with E-state index in [2.05, 4.69) is 15.5 Å². The van der Waals surface area contributed by atoms with Crippen molar-refractivity contribution in [3.63, 3.8) is 0 Å². The third kappa shape index (κ3) is 4.19. The number of hydrogen-bond donors (Lipinski definition) is 2. The monoisotopic (exact) mass is 444 g/mol. The van der Waals surface area contributed by atoms with Gasteiger partial charge in [0.05, 0.1) is 15.5 Å². The van der Waals surface area contributed by atoms with E-state index in [1.807, 2.05) is 19.1 Å². The number of hydrogen-bond acceptors (Lipinski definition) is 5. The molecule has 3 aromatic rings. The largest absolute Gasteiger partial charge is 0.305 e. The Morgan fingerprint density at radius 1 is 1.10 bits per heavy atom. The molecule has 0 saturated carbocycles. The molecule has 2 aromatic heterocycles. The lowest BCUT2D eigenvalue weighted by molar-refractivity contribution is 0.102. The van der Waals surface area contributed by atoms with Crippen LogP contribution >= 0.6 is 11.3 Å². The fourth-order valence-corrected chi connectivity index (χ4v) is 5.91. The minimum absolute atomic E-state index is 0.150. The minimum atomic E-state index is -3.60. The molecule has 7 nitrogen and oxygen atoms in total. The molecule has 0 aliphatic carbocycles. The van der Waals surface area contributed by atoms with E-state index in [9.17, 15) is 13.2 Å². The molecule has 1 amide bonds. The van der Waals surface area contributed by atoms with Crippen molar-refractivity contribution in [2.24, 2.45) is 0 Å². The smallest absolute Gasteiger partial charge is 0.257 e. The van der Waals surface area contributed by atoms with E-state index in [0.29, 0.717) is 30.0 Å². The van der Waals surface area contributed by atoms with Crippen LogP contribution in [0.5, 0.6) is 0 Å². The van der Waals surface area contributed by atoms with E-state index in [0.717, 1.165) is 29.8 Å². The van der Waals surface area contributed by atoms with Crippen LogP contribution in [0.4, 0.5) is 5.82 Å². The number of aromatic amines is 1. The number of piperidine rings is 1. The van der Waals surface area contributed by atoms with E-state index in [1.165, 1.54) is 15.2 Å². The second-order valence-electron chi connectivity index (χ2n) is 7.47. The first-order chi connectivity index (χ1) is 14.3. The van der Waals surface area contributed by atoms with Gasteiger partial charge < -0.3 is 5.32 Å². The predicted octanol–water partition coefficient (Wildman–Crippen LogP) is 4.18. The van der Waals surface area contributed by atoms with Gasteiger partial charge in [-0.15, -0.1) is 11.3 Å². The summed E-state index contributed by atoms with van der Waals surface area (Å²) in [6, 6.07) is 10.5. The topological polar surface area (TPSA) is 95.2 Å². The van der Waals surface area contributed by atoms with Gasteiger partial charge in [-0.3, -0.25) is 9.89 Å². The molecule has 2 N–H and O–H groups in total. The van der Waals surface area contributed by atoms with Crippen LogP contribution in [0, 0.1) is 13.8 Å². The summed E-state index contributed by atoms with van der Waals surface area (Å²) in [5.74, 6) is 0.00773. The normalized spacial score (nSPS) is 15.3. The molecule has 4 rings (SSSR count). The van der Waals surface area contributed by atoms with Crippen molar-refractivity contribution in [3.05, 3.63) is 52.4 Å². The van der Waals surface area contributed by atoms with Gasteiger partial charge >= 0.3 is 0 Å². The number of H-pyrrole nitrogens is 1. The molecule has 0 bridgehead atoms. The molecular weight excluding hydrogens is 420 g/mol. The molecule has 1 aromatic carbocycles. The van der Waals surface area contributed by atoms with Crippen molar-refractivity contribution >= 4 is 33.1 Å².